The Labute approximate surface area is 80.0 Å². The highest BCUT2D eigenvalue weighted by molar-refractivity contribution is 6.00. The predicted octanol–water partition coefficient (Wildman–Crippen LogP) is 0.299. The van der Waals surface area contributed by atoms with E-state index < -0.39 is 5.97 Å². The Kier molecular flexibility index (Phi) is 1.73. The number of amides is 1. The lowest BCUT2D eigenvalue weighted by Gasteiger charge is -2.08. The molecule has 1 aromatic rings. The molecule has 1 aliphatic heterocycles. The number of anilines is 1. The van der Waals surface area contributed by atoms with Gasteiger partial charge < -0.3 is 5.11 Å². The summed E-state index contributed by atoms with van der Waals surface area (Å²) in [6.07, 6.45) is 0.304. The van der Waals surface area contributed by atoms with Crippen molar-refractivity contribution in [2.75, 3.05) is 11.9 Å². The van der Waals surface area contributed by atoms with Gasteiger partial charge >= 0.3 is 5.97 Å². The lowest BCUT2D eigenvalue weighted by Crippen LogP contribution is -2.21. The molecule has 1 amide bonds. The lowest BCUT2D eigenvalue weighted by atomic mass is 10.2. The Balaban J connectivity index is 2.51. The molecule has 0 bridgehead atoms. The van der Waals surface area contributed by atoms with Crippen LogP contribution >= 0.6 is 0 Å². The fraction of sp³-hybridized carbons (Fsp3) is 0.222. The van der Waals surface area contributed by atoms with Gasteiger partial charge in [0.05, 0.1) is 6.42 Å². The van der Waals surface area contributed by atoms with Crippen LogP contribution in [0.25, 0.3) is 0 Å². The minimum absolute atomic E-state index is 0.0368. The van der Waals surface area contributed by atoms with E-state index in [-0.39, 0.29) is 11.6 Å². The molecule has 1 aliphatic rings. The van der Waals surface area contributed by atoms with E-state index in [9.17, 15) is 9.59 Å². The third-order valence-corrected chi connectivity index (χ3v) is 2.21. The topological polar surface area (TPSA) is 70.5 Å². The van der Waals surface area contributed by atoms with Gasteiger partial charge in [0.25, 0.3) is 0 Å². The zero-order chi connectivity index (χ0) is 10.3. The average Bonchev–Trinajstić information content (AvgIpc) is 2.43. The molecule has 2 heterocycles. The number of carboxylic acids is 1. The summed E-state index contributed by atoms with van der Waals surface area (Å²) in [6.45, 7) is 0. The highest BCUT2D eigenvalue weighted by Crippen LogP contribution is 2.25. The molecule has 0 unspecified atom stereocenters. The number of rotatable bonds is 1. The van der Waals surface area contributed by atoms with E-state index in [0.29, 0.717) is 12.2 Å². The summed E-state index contributed by atoms with van der Waals surface area (Å²) in [5.74, 6) is -0.689. The Morgan fingerprint density at radius 3 is 2.93 bits per heavy atom. The first-order valence-corrected chi connectivity index (χ1v) is 4.09. The van der Waals surface area contributed by atoms with Gasteiger partial charge in [0.1, 0.15) is 5.82 Å². The number of carboxylic acid groups (broad SMARTS) is 1. The van der Waals surface area contributed by atoms with Gasteiger partial charge in [-0.05, 0) is 6.07 Å². The van der Waals surface area contributed by atoms with Gasteiger partial charge in [0.15, 0.2) is 5.69 Å². The minimum Gasteiger partial charge on any atom is -0.477 e. The average molecular weight is 192 g/mol. The monoisotopic (exact) mass is 192 g/mol. The molecule has 14 heavy (non-hydrogen) atoms. The summed E-state index contributed by atoms with van der Waals surface area (Å²) < 4.78 is 0. The number of hydrogen-bond donors (Lipinski definition) is 1. The van der Waals surface area contributed by atoms with Gasteiger partial charge in [-0.3, -0.25) is 9.69 Å². The molecule has 0 radical (unpaired) electrons. The van der Waals surface area contributed by atoms with Crippen molar-refractivity contribution in [2.45, 2.75) is 6.42 Å². The zero-order valence-electron chi connectivity index (χ0n) is 7.52. The van der Waals surface area contributed by atoms with Crippen molar-refractivity contribution in [3.63, 3.8) is 0 Å². The number of fused-ring (bicyclic) bond motifs is 1. The largest absolute Gasteiger partial charge is 0.477 e. The number of carbonyl (C=O) groups is 2. The van der Waals surface area contributed by atoms with Crippen LogP contribution in [-0.2, 0) is 11.2 Å². The lowest BCUT2D eigenvalue weighted by molar-refractivity contribution is -0.117. The molecule has 0 saturated heterocycles. The molecule has 0 fully saturated rings. The molecule has 5 heteroatoms. The first-order chi connectivity index (χ1) is 6.59. The molecule has 0 aromatic carbocycles. The van der Waals surface area contributed by atoms with E-state index in [1.54, 1.807) is 13.1 Å². The molecule has 5 nitrogen and oxygen atoms in total. The second-order valence-corrected chi connectivity index (χ2v) is 3.11. The maximum Gasteiger partial charge on any atom is 0.354 e. The van der Waals surface area contributed by atoms with E-state index in [1.165, 1.54) is 11.0 Å². The maximum absolute atomic E-state index is 11.3. The zero-order valence-corrected chi connectivity index (χ0v) is 7.52. The molecule has 72 valence electrons. The van der Waals surface area contributed by atoms with Crippen LogP contribution in [0.3, 0.4) is 0 Å². The summed E-state index contributed by atoms with van der Waals surface area (Å²) in [5, 5.41) is 8.70. The molecule has 0 aliphatic carbocycles. The van der Waals surface area contributed by atoms with Crippen LogP contribution in [0.2, 0.25) is 0 Å². The molecule has 1 aromatic heterocycles. The Bertz CT molecular complexity index is 428. The fourth-order valence-corrected chi connectivity index (χ4v) is 1.42. The Morgan fingerprint density at radius 1 is 1.57 bits per heavy atom. The first kappa shape index (κ1) is 8.68. The number of carbonyl (C=O) groups excluding carboxylic acids is 1. The standard InChI is InChI=1S/C9H8N2O3/c1-11-7(12)4-5-2-3-6(9(13)14)10-8(5)11/h2-3H,4H2,1H3,(H,13,14). The molecule has 1 N–H and O–H groups in total. The quantitative estimate of drug-likeness (QED) is 0.694. The molecule has 0 spiro atoms. The van der Waals surface area contributed by atoms with Crippen molar-refractivity contribution in [3.8, 4) is 0 Å². The van der Waals surface area contributed by atoms with Crippen LogP contribution in [0.5, 0.6) is 0 Å². The van der Waals surface area contributed by atoms with E-state index >= 15 is 0 Å². The van der Waals surface area contributed by atoms with Gasteiger partial charge in [-0.2, -0.15) is 0 Å². The minimum atomic E-state index is -1.08. The first-order valence-electron chi connectivity index (χ1n) is 4.09. The summed E-state index contributed by atoms with van der Waals surface area (Å²) in [4.78, 5) is 27.1. The van der Waals surface area contributed by atoms with Crippen LogP contribution in [0, 0.1) is 0 Å². The molecule has 0 saturated carbocycles. The second-order valence-electron chi connectivity index (χ2n) is 3.11. The van der Waals surface area contributed by atoms with Crippen LogP contribution in [0.4, 0.5) is 5.82 Å². The maximum atomic E-state index is 11.3. The van der Waals surface area contributed by atoms with Crippen LogP contribution in [0.15, 0.2) is 12.1 Å². The molecular formula is C9H8N2O3. The number of hydrogen-bond acceptors (Lipinski definition) is 3. The van der Waals surface area contributed by atoms with E-state index in [1.807, 2.05) is 0 Å². The van der Waals surface area contributed by atoms with Crippen molar-refractivity contribution in [1.82, 2.24) is 4.98 Å². The number of likely N-dealkylation sites (N-methyl/N-ethyl adjacent to an activating group) is 1. The summed E-state index contributed by atoms with van der Waals surface area (Å²) in [6, 6.07) is 3.04. The van der Waals surface area contributed by atoms with Crippen molar-refractivity contribution in [2.24, 2.45) is 0 Å². The third-order valence-electron chi connectivity index (χ3n) is 2.21. The van der Waals surface area contributed by atoms with Crippen LogP contribution < -0.4 is 4.90 Å². The normalized spacial score (nSPS) is 14.4. The van der Waals surface area contributed by atoms with Crippen molar-refractivity contribution < 1.29 is 14.7 Å². The van der Waals surface area contributed by atoms with Gasteiger partial charge in [0, 0.05) is 12.6 Å². The predicted molar refractivity (Wildman–Crippen MR) is 48.3 cm³/mol. The number of nitrogens with zero attached hydrogens (tertiary/aromatic N) is 2. The SMILES string of the molecule is CN1C(=O)Cc2ccc(C(=O)O)nc21. The molecular weight excluding hydrogens is 184 g/mol. The number of pyridine rings is 1. The smallest absolute Gasteiger partial charge is 0.354 e. The molecule has 2 rings (SSSR count). The summed E-state index contributed by atoms with van der Waals surface area (Å²) in [7, 11) is 1.59. The van der Waals surface area contributed by atoms with Crippen molar-refractivity contribution in [3.05, 3.63) is 23.4 Å². The van der Waals surface area contributed by atoms with Gasteiger partial charge in [0.2, 0.25) is 5.91 Å². The molecule has 0 atom stereocenters. The van der Waals surface area contributed by atoms with Gasteiger partial charge in [-0.1, -0.05) is 6.07 Å². The van der Waals surface area contributed by atoms with E-state index in [0.717, 1.165) is 5.56 Å². The van der Waals surface area contributed by atoms with Crippen molar-refractivity contribution in [1.29, 1.82) is 0 Å². The third kappa shape index (κ3) is 1.14. The van der Waals surface area contributed by atoms with Crippen LogP contribution in [0.1, 0.15) is 16.1 Å². The van der Waals surface area contributed by atoms with E-state index in [4.69, 9.17) is 5.11 Å². The van der Waals surface area contributed by atoms with Crippen LogP contribution in [-0.4, -0.2) is 29.0 Å². The Hall–Kier alpha value is -1.91. The fourth-order valence-electron chi connectivity index (χ4n) is 1.42. The summed E-state index contributed by atoms with van der Waals surface area (Å²) >= 11 is 0. The Morgan fingerprint density at radius 2 is 2.29 bits per heavy atom. The highest BCUT2D eigenvalue weighted by atomic mass is 16.4. The van der Waals surface area contributed by atoms with E-state index in [2.05, 4.69) is 4.98 Å². The second kappa shape index (κ2) is 2.80. The van der Waals surface area contributed by atoms with Gasteiger partial charge in [-0.15, -0.1) is 0 Å². The highest BCUT2D eigenvalue weighted by Gasteiger charge is 2.26. The van der Waals surface area contributed by atoms with Gasteiger partial charge in [-0.25, -0.2) is 9.78 Å². The number of aromatic carboxylic acids is 1. The van der Waals surface area contributed by atoms with Crippen molar-refractivity contribution >= 4 is 17.7 Å². The number of aromatic nitrogens is 1. The summed E-state index contributed by atoms with van der Waals surface area (Å²) in [5.41, 5.74) is 0.743.